The summed E-state index contributed by atoms with van der Waals surface area (Å²) in [6, 6.07) is 9.61. The van der Waals surface area contributed by atoms with Crippen LogP contribution >= 0.6 is 0 Å². The smallest absolute Gasteiger partial charge is 0.225 e. The van der Waals surface area contributed by atoms with Crippen LogP contribution in [0.2, 0.25) is 0 Å². The van der Waals surface area contributed by atoms with Gasteiger partial charge in [-0.2, -0.15) is 0 Å². The molecule has 0 amide bonds. The van der Waals surface area contributed by atoms with Crippen molar-refractivity contribution in [2.75, 3.05) is 49.1 Å². The molecule has 4 aliphatic rings. The van der Waals surface area contributed by atoms with Crippen molar-refractivity contribution < 1.29 is 4.74 Å². The Labute approximate surface area is 185 Å². The minimum absolute atomic E-state index is 0.0794. The summed E-state index contributed by atoms with van der Waals surface area (Å²) in [7, 11) is 0. The maximum atomic E-state index is 6.69. The second kappa shape index (κ2) is 7.97. The number of ether oxygens (including phenoxy) is 1. The zero-order chi connectivity index (χ0) is 20.7. The van der Waals surface area contributed by atoms with Crippen molar-refractivity contribution in [3.63, 3.8) is 0 Å². The minimum atomic E-state index is 0.0794. The van der Waals surface area contributed by atoms with Gasteiger partial charge in [0.15, 0.2) is 0 Å². The van der Waals surface area contributed by atoms with Crippen molar-refractivity contribution in [3.05, 3.63) is 42.2 Å². The highest BCUT2D eigenvalue weighted by molar-refractivity contribution is 5.55. The third-order valence-electron chi connectivity index (χ3n) is 8.00. The molecule has 164 valence electrons. The van der Waals surface area contributed by atoms with Crippen LogP contribution in [0.5, 0.6) is 5.75 Å². The quantitative estimate of drug-likeness (QED) is 0.759. The molecule has 1 aliphatic carbocycles. The molecule has 0 bridgehead atoms. The molecule has 1 spiro atoms. The number of aryl methyl sites for hydroxylation is 1. The number of aromatic nitrogens is 2. The number of fused-ring (bicyclic) bond motifs is 1. The monoisotopic (exact) mass is 419 g/mol. The van der Waals surface area contributed by atoms with Crippen LogP contribution in [0, 0.1) is 0 Å². The van der Waals surface area contributed by atoms with Gasteiger partial charge in [0.05, 0.1) is 0 Å². The summed E-state index contributed by atoms with van der Waals surface area (Å²) in [5, 5.41) is 0. The van der Waals surface area contributed by atoms with E-state index in [0.717, 1.165) is 50.3 Å². The van der Waals surface area contributed by atoms with Crippen molar-refractivity contribution in [2.45, 2.75) is 56.6 Å². The van der Waals surface area contributed by atoms with Crippen molar-refractivity contribution >= 4 is 11.6 Å². The molecule has 0 radical (unpaired) electrons. The number of piperazine rings is 1. The van der Waals surface area contributed by atoms with E-state index in [9.17, 15) is 0 Å². The lowest BCUT2D eigenvalue weighted by Gasteiger charge is -2.48. The Morgan fingerprint density at radius 3 is 2.32 bits per heavy atom. The lowest BCUT2D eigenvalue weighted by molar-refractivity contribution is -0.0336. The van der Waals surface area contributed by atoms with Gasteiger partial charge in [-0.3, -0.25) is 0 Å². The van der Waals surface area contributed by atoms with Crippen LogP contribution in [0.25, 0.3) is 0 Å². The van der Waals surface area contributed by atoms with E-state index < -0.39 is 0 Å². The first kappa shape index (κ1) is 19.4. The maximum Gasteiger partial charge on any atom is 0.225 e. The first-order valence-corrected chi connectivity index (χ1v) is 12.1. The van der Waals surface area contributed by atoms with E-state index in [1.807, 2.05) is 18.5 Å². The largest absolute Gasteiger partial charge is 0.487 e. The summed E-state index contributed by atoms with van der Waals surface area (Å²) in [5.41, 5.74) is 2.79. The van der Waals surface area contributed by atoms with Crippen LogP contribution in [0.4, 0.5) is 11.6 Å². The highest BCUT2D eigenvalue weighted by Gasteiger charge is 2.41. The lowest BCUT2D eigenvalue weighted by atomic mass is 9.81. The molecule has 0 N–H and O–H groups in total. The predicted octanol–water partition coefficient (Wildman–Crippen LogP) is 3.52. The molecule has 1 aromatic carbocycles. The number of anilines is 2. The predicted molar refractivity (Wildman–Crippen MR) is 123 cm³/mol. The van der Waals surface area contributed by atoms with Gasteiger partial charge >= 0.3 is 0 Å². The van der Waals surface area contributed by atoms with Gasteiger partial charge in [-0.25, -0.2) is 9.97 Å². The molecule has 1 aromatic heterocycles. The van der Waals surface area contributed by atoms with Gasteiger partial charge in [0.25, 0.3) is 0 Å². The molecule has 2 saturated heterocycles. The van der Waals surface area contributed by atoms with Crippen LogP contribution < -0.4 is 14.5 Å². The van der Waals surface area contributed by atoms with Crippen molar-refractivity contribution in [1.29, 1.82) is 0 Å². The second-order valence-corrected chi connectivity index (χ2v) is 9.72. The Bertz CT molecular complexity index is 899. The average Bonchev–Trinajstić information content (AvgIpc) is 2.80. The summed E-state index contributed by atoms with van der Waals surface area (Å²) >= 11 is 0. The number of benzene rings is 1. The zero-order valence-electron chi connectivity index (χ0n) is 18.4. The van der Waals surface area contributed by atoms with Crippen LogP contribution in [-0.2, 0) is 6.42 Å². The van der Waals surface area contributed by atoms with Gasteiger partial charge in [-0.05, 0) is 68.4 Å². The number of rotatable bonds is 3. The van der Waals surface area contributed by atoms with Gasteiger partial charge in [0.1, 0.15) is 11.4 Å². The van der Waals surface area contributed by atoms with Crippen LogP contribution in [-0.4, -0.2) is 65.8 Å². The summed E-state index contributed by atoms with van der Waals surface area (Å²) < 4.78 is 6.69. The van der Waals surface area contributed by atoms with E-state index in [1.165, 1.54) is 62.9 Å². The second-order valence-electron chi connectivity index (χ2n) is 9.72. The SMILES string of the molecule is c1cnc(N2CCN(c3ccc4c(c3)CCC3(CCN(C5CCC5)CC3)O4)CC2)nc1. The molecule has 2 aromatic rings. The molecule has 31 heavy (non-hydrogen) atoms. The van der Waals surface area contributed by atoms with Crippen molar-refractivity contribution in [1.82, 2.24) is 14.9 Å². The molecule has 3 fully saturated rings. The van der Waals surface area contributed by atoms with Gasteiger partial charge in [0.2, 0.25) is 5.95 Å². The molecular formula is C25H33N5O. The molecular weight excluding hydrogens is 386 g/mol. The van der Waals surface area contributed by atoms with Crippen molar-refractivity contribution in [3.8, 4) is 5.75 Å². The Balaban J connectivity index is 1.09. The Kier molecular flexibility index (Phi) is 4.98. The first-order valence-electron chi connectivity index (χ1n) is 12.1. The van der Waals surface area contributed by atoms with E-state index in [2.05, 4.69) is 42.9 Å². The van der Waals surface area contributed by atoms with E-state index in [0.29, 0.717) is 0 Å². The Hall–Kier alpha value is -2.34. The normalized spacial score (nSPS) is 23.9. The molecule has 3 aliphatic heterocycles. The highest BCUT2D eigenvalue weighted by atomic mass is 16.5. The van der Waals surface area contributed by atoms with E-state index in [4.69, 9.17) is 4.74 Å². The standard InChI is InChI=1S/C25H33N5O/c1-3-21(4-1)28-13-9-25(10-14-28)8-7-20-19-22(5-6-23(20)31-25)29-15-17-30(18-16-29)24-26-11-2-12-27-24/h2,5-6,11-12,19,21H,1,3-4,7-10,13-18H2. The summed E-state index contributed by atoms with van der Waals surface area (Å²) in [5.74, 6) is 1.97. The fourth-order valence-electron chi connectivity index (χ4n) is 5.72. The van der Waals surface area contributed by atoms with Crippen LogP contribution in [0.1, 0.15) is 44.1 Å². The number of likely N-dealkylation sites (tertiary alicyclic amines) is 1. The van der Waals surface area contributed by atoms with Crippen LogP contribution in [0.15, 0.2) is 36.7 Å². The molecule has 6 heteroatoms. The zero-order valence-corrected chi connectivity index (χ0v) is 18.4. The van der Waals surface area contributed by atoms with Gasteiger partial charge in [-0.15, -0.1) is 0 Å². The third kappa shape index (κ3) is 3.75. The van der Waals surface area contributed by atoms with E-state index in [-0.39, 0.29) is 5.60 Å². The third-order valence-corrected chi connectivity index (χ3v) is 8.00. The minimum Gasteiger partial charge on any atom is -0.487 e. The molecule has 1 saturated carbocycles. The molecule has 0 unspecified atom stereocenters. The highest BCUT2D eigenvalue weighted by Crippen LogP contribution is 2.42. The molecule has 0 atom stereocenters. The summed E-state index contributed by atoms with van der Waals surface area (Å²) in [4.78, 5) is 16.3. The molecule has 6 nitrogen and oxygen atoms in total. The van der Waals surface area contributed by atoms with Gasteiger partial charge in [-0.1, -0.05) is 6.42 Å². The van der Waals surface area contributed by atoms with Crippen molar-refractivity contribution in [2.24, 2.45) is 0 Å². The number of nitrogens with zero attached hydrogens (tertiary/aromatic N) is 5. The first-order chi connectivity index (χ1) is 15.3. The lowest BCUT2D eigenvalue weighted by Crippen LogP contribution is -2.53. The Morgan fingerprint density at radius 2 is 1.61 bits per heavy atom. The molecule has 4 heterocycles. The van der Waals surface area contributed by atoms with Crippen LogP contribution in [0.3, 0.4) is 0 Å². The van der Waals surface area contributed by atoms with E-state index >= 15 is 0 Å². The fraction of sp³-hybridized carbons (Fsp3) is 0.600. The van der Waals surface area contributed by atoms with Gasteiger partial charge < -0.3 is 19.4 Å². The molecule has 6 rings (SSSR count). The van der Waals surface area contributed by atoms with Gasteiger partial charge in [0, 0.05) is 63.4 Å². The number of hydrogen-bond acceptors (Lipinski definition) is 6. The number of piperidine rings is 1. The Morgan fingerprint density at radius 1 is 0.871 bits per heavy atom. The topological polar surface area (TPSA) is 44.7 Å². The summed E-state index contributed by atoms with van der Waals surface area (Å²) in [6.45, 7) is 6.34. The maximum absolute atomic E-state index is 6.69. The van der Waals surface area contributed by atoms with E-state index in [1.54, 1.807) is 0 Å². The average molecular weight is 420 g/mol. The number of hydrogen-bond donors (Lipinski definition) is 0. The fourth-order valence-corrected chi connectivity index (χ4v) is 5.72. The summed E-state index contributed by atoms with van der Waals surface area (Å²) in [6.07, 6.45) is 12.6.